The first-order valence-corrected chi connectivity index (χ1v) is 14.3. The summed E-state index contributed by atoms with van der Waals surface area (Å²) in [6.07, 6.45) is 0. The summed E-state index contributed by atoms with van der Waals surface area (Å²) >= 11 is 59.5. The number of hydrogen-bond donors (Lipinski definition) is 0. The summed E-state index contributed by atoms with van der Waals surface area (Å²) in [5.41, 5.74) is 0. The van der Waals surface area contributed by atoms with Gasteiger partial charge in [0.15, 0.2) is 17.5 Å². The SMILES string of the molecule is ClC(Cl)(Cl)c1nc(C(Cl)(Cl)Cl)nc(C(Cl)(Cl)Cl)n1.O=S(=O)(c1ccccc1)C(Br)(Br)Br. The Balaban J connectivity index is 0.000000327. The summed E-state index contributed by atoms with van der Waals surface area (Å²) in [7, 11) is -3.43. The quantitative estimate of drug-likeness (QED) is 0.270. The van der Waals surface area contributed by atoms with Crippen LogP contribution >= 0.6 is 152 Å². The van der Waals surface area contributed by atoms with Gasteiger partial charge in [-0.1, -0.05) is 123 Å². The van der Waals surface area contributed by atoms with Crippen LogP contribution in [-0.2, 0) is 21.2 Å². The van der Waals surface area contributed by atoms with Crippen LogP contribution in [0.4, 0.5) is 0 Å². The molecule has 0 saturated heterocycles. The van der Waals surface area contributed by atoms with Gasteiger partial charge in [0.2, 0.25) is 22.7 Å². The Hall–Kier alpha value is 2.23. The minimum atomic E-state index is -3.43. The molecule has 0 amide bonds. The van der Waals surface area contributed by atoms with Gasteiger partial charge in [-0.2, -0.15) is 0 Å². The van der Waals surface area contributed by atoms with Crippen molar-refractivity contribution in [3.8, 4) is 0 Å². The third-order valence-electron chi connectivity index (χ3n) is 2.75. The lowest BCUT2D eigenvalue weighted by atomic mass is 10.4. The predicted molar refractivity (Wildman–Crippen MR) is 141 cm³/mol. The normalized spacial score (nSPS) is 13.4. The lowest BCUT2D eigenvalue weighted by Gasteiger charge is -2.17. The van der Waals surface area contributed by atoms with E-state index in [-0.39, 0.29) is 22.4 Å². The number of rotatable bonds is 1. The lowest BCUT2D eigenvalue weighted by Crippen LogP contribution is -2.21. The maximum absolute atomic E-state index is 11.7. The van der Waals surface area contributed by atoms with Gasteiger partial charge in [0.25, 0.3) is 0 Å². The van der Waals surface area contributed by atoms with Crippen LogP contribution in [0.25, 0.3) is 0 Å². The van der Waals surface area contributed by atoms with Crippen molar-refractivity contribution in [1.29, 1.82) is 0 Å². The van der Waals surface area contributed by atoms with Crippen LogP contribution in [0.2, 0.25) is 0 Å². The van der Waals surface area contributed by atoms with Crippen LogP contribution in [0, 0.1) is 0 Å². The summed E-state index contributed by atoms with van der Waals surface area (Å²) in [5, 5.41) is 0. The number of alkyl halides is 12. The summed E-state index contributed by atoms with van der Waals surface area (Å²) in [4.78, 5) is 11.3. The Morgan fingerprint density at radius 2 is 0.903 bits per heavy atom. The molecule has 0 N–H and O–H groups in total. The molecule has 0 unspecified atom stereocenters. The first-order valence-electron chi connectivity index (χ1n) is 7.01. The molecule has 2 aromatic rings. The molecule has 174 valence electrons. The first kappa shape index (κ1) is 31.3. The Kier molecular flexibility index (Phi) is 11.6. The summed E-state index contributed by atoms with van der Waals surface area (Å²) in [6, 6.07) is 8.18. The van der Waals surface area contributed by atoms with E-state index in [1.54, 1.807) is 18.2 Å². The zero-order valence-electron chi connectivity index (χ0n) is 14.0. The standard InChI is InChI=1S/C7H5Br3O2S.C6Cl9N3/c8-7(9,10)13(11,12)6-4-2-1-3-5-6;7-4(8,9)1-16-2(5(10,11)12)18-3(17-1)6(13,14)15/h1-5H;. The van der Waals surface area contributed by atoms with Crippen molar-refractivity contribution in [2.45, 2.75) is 17.7 Å². The van der Waals surface area contributed by atoms with Crippen LogP contribution in [0.15, 0.2) is 35.2 Å². The molecule has 5 nitrogen and oxygen atoms in total. The molecule has 1 heterocycles. The highest BCUT2D eigenvalue weighted by Crippen LogP contribution is 2.44. The molecule has 0 spiro atoms. The average molecular weight is 826 g/mol. The van der Waals surface area contributed by atoms with Crippen molar-refractivity contribution in [2.75, 3.05) is 0 Å². The third-order valence-corrected chi connectivity index (χ3v) is 9.61. The fraction of sp³-hybridized carbons (Fsp3) is 0.308. The number of nitrogens with zero attached hydrogens (tertiary/aromatic N) is 3. The fourth-order valence-corrected chi connectivity index (χ4v) is 4.72. The molecule has 0 fully saturated rings. The summed E-state index contributed by atoms with van der Waals surface area (Å²) in [6.45, 7) is 0. The van der Waals surface area contributed by atoms with Crippen molar-refractivity contribution in [1.82, 2.24) is 15.0 Å². The highest BCUT2D eigenvalue weighted by atomic mass is 80.0. The lowest BCUT2D eigenvalue weighted by molar-refractivity contribution is 0.599. The summed E-state index contributed by atoms with van der Waals surface area (Å²) < 4.78 is 16.2. The van der Waals surface area contributed by atoms with Gasteiger partial charge in [-0.3, -0.25) is 0 Å². The molecule has 1 aromatic heterocycles. The van der Waals surface area contributed by atoms with Crippen molar-refractivity contribution < 1.29 is 8.42 Å². The Morgan fingerprint density at radius 1 is 0.613 bits per heavy atom. The molecule has 0 saturated carbocycles. The second-order valence-corrected chi connectivity index (χ2v) is 22.3. The van der Waals surface area contributed by atoms with Crippen molar-refractivity contribution in [3.05, 3.63) is 47.8 Å². The smallest absolute Gasteiger partial charge is 0.220 e. The highest BCUT2D eigenvalue weighted by Gasteiger charge is 2.38. The number of benzene rings is 1. The molecular formula is C13H5Br3Cl9N3O2S. The minimum absolute atomic E-state index is 0.251. The molecule has 31 heavy (non-hydrogen) atoms. The zero-order chi connectivity index (χ0) is 24.5. The van der Waals surface area contributed by atoms with Crippen molar-refractivity contribution in [2.24, 2.45) is 0 Å². The Bertz CT molecular complexity index is 926. The van der Waals surface area contributed by atoms with Gasteiger partial charge in [-0.25, -0.2) is 23.4 Å². The molecule has 0 bridgehead atoms. The van der Waals surface area contributed by atoms with Gasteiger partial charge in [0.05, 0.1) is 4.90 Å². The van der Waals surface area contributed by atoms with Crippen LogP contribution in [0.5, 0.6) is 0 Å². The molecule has 1 aromatic carbocycles. The molecule has 0 aliphatic carbocycles. The van der Waals surface area contributed by atoms with E-state index >= 15 is 0 Å². The molecule has 0 aliphatic rings. The van der Waals surface area contributed by atoms with Gasteiger partial charge >= 0.3 is 0 Å². The molecular weight excluding hydrogens is 821 g/mol. The topological polar surface area (TPSA) is 72.8 Å². The van der Waals surface area contributed by atoms with E-state index in [0.29, 0.717) is 0 Å². The van der Waals surface area contributed by atoms with Crippen LogP contribution < -0.4 is 0 Å². The first-order chi connectivity index (χ1) is 13.7. The van der Waals surface area contributed by atoms with Gasteiger partial charge < -0.3 is 0 Å². The van der Waals surface area contributed by atoms with Crippen molar-refractivity contribution in [3.63, 3.8) is 0 Å². The third kappa shape index (κ3) is 9.66. The average Bonchev–Trinajstić information content (AvgIpc) is 2.59. The number of sulfone groups is 1. The predicted octanol–water partition coefficient (Wildman–Crippen LogP) is 8.61. The van der Waals surface area contributed by atoms with E-state index in [9.17, 15) is 8.42 Å². The van der Waals surface area contributed by atoms with Gasteiger partial charge in [-0.05, 0) is 59.9 Å². The van der Waals surface area contributed by atoms with Crippen molar-refractivity contribution >= 4 is 162 Å². The van der Waals surface area contributed by atoms with Gasteiger partial charge in [0, 0.05) is 0 Å². The minimum Gasteiger partial charge on any atom is -0.220 e. The largest absolute Gasteiger partial charge is 0.250 e. The van der Waals surface area contributed by atoms with Crippen LogP contribution in [0.3, 0.4) is 0 Å². The number of aromatic nitrogens is 3. The molecule has 0 atom stereocenters. The second kappa shape index (κ2) is 11.5. The Morgan fingerprint density at radius 3 is 1.13 bits per heavy atom. The Labute approximate surface area is 248 Å². The van der Waals surface area contributed by atoms with E-state index in [0.717, 1.165) is 0 Å². The van der Waals surface area contributed by atoms with Crippen LogP contribution in [0.1, 0.15) is 17.5 Å². The van der Waals surface area contributed by atoms with E-state index in [1.165, 1.54) is 12.1 Å². The molecule has 2 rings (SSSR count). The monoisotopic (exact) mass is 818 g/mol. The van der Waals surface area contributed by atoms with E-state index < -0.39 is 22.7 Å². The maximum atomic E-state index is 11.7. The van der Waals surface area contributed by atoms with E-state index in [1.807, 2.05) is 0 Å². The maximum Gasteiger partial charge on any atom is 0.250 e. The molecule has 0 aliphatic heterocycles. The highest BCUT2D eigenvalue weighted by molar-refractivity contribution is 9.42. The number of hydrogen-bond acceptors (Lipinski definition) is 5. The van der Waals surface area contributed by atoms with Gasteiger partial charge in [-0.15, -0.1) is 0 Å². The second-order valence-electron chi connectivity index (χ2n) is 5.06. The van der Waals surface area contributed by atoms with Gasteiger partial charge in [0.1, 0.15) is 0 Å². The fourth-order valence-electron chi connectivity index (χ4n) is 1.49. The molecule has 18 heteroatoms. The number of halogens is 12. The summed E-state index contributed by atoms with van der Waals surface area (Å²) in [5.74, 6) is -0.986. The van der Waals surface area contributed by atoms with E-state index in [4.69, 9.17) is 104 Å². The van der Waals surface area contributed by atoms with Crippen LogP contribution in [-0.4, -0.2) is 24.8 Å². The zero-order valence-corrected chi connectivity index (χ0v) is 26.4. The van der Waals surface area contributed by atoms with E-state index in [2.05, 4.69) is 62.7 Å². The molecule has 0 radical (unpaired) electrons.